The summed E-state index contributed by atoms with van der Waals surface area (Å²) in [7, 11) is 1.35. The molecular formula is C23H25NO3. The van der Waals surface area contributed by atoms with Crippen molar-refractivity contribution in [3.05, 3.63) is 84.4 Å². The molecule has 0 spiro atoms. The van der Waals surface area contributed by atoms with Crippen LogP contribution in [0.2, 0.25) is 0 Å². The van der Waals surface area contributed by atoms with E-state index in [4.69, 9.17) is 4.74 Å². The predicted octanol–water partition coefficient (Wildman–Crippen LogP) is 3.59. The van der Waals surface area contributed by atoms with E-state index in [0.717, 1.165) is 11.1 Å². The molecule has 0 amide bonds. The van der Waals surface area contributed by atoms with Gasteiger partial charge in [-0.15, -0.1) is 6.58 Å². The Kier molecular flexibility index (Phi) is 5.87. The number of rotatable bonds is 6. The zero-order chi connectivity index (χ0) is 19.3. The number of Topliss-reactive ketones (excluding diaryl/α,β-unsaturated/α-hetero) is 1. The number of hydrogen-bond donors (Lipinski definition) is 0. The number of carbonyl (C=O) groups is 2. The lowest BCUT2D eigenvalue weighted by Crippen LogP contribution is -2.56. The second kappa shape index (κ2) is 8.31. The van der Waals surface area contributed by atoms with Gasteiger partial charge < -0.3 is 4.74 Å². The van der Waals surface area contributed by atoms with Crippen molar-refractivity contribution in [2.75, 3.05) is 20.2 Å². The van der Waals surface area contributed by atoms with Crippen LogP contribution in [0.5, 0.6) is 0 Å². The fourth-order valence-electron chi connectivity index (χ4n) is 4.02. The zero-order valence-corrected chi connectivity index (χ0v) is 15.6. The Labute approximate surface area is 160 Å². The number of esters is 1. The Morgan fingerprint density at radius 2 is 1.81 bits per heavy atom. The number of benzene rings is 2. The minimum atomic E-state index is -1.27. The third kappa shape index (κ3) is 3.71. The number of ether oxygens (including phenoxy) is 1. The highest BCUT2D eigenvalue weighted by molar-refractivity contribution is 6.06. The summed E-state index contributed by atoms with van der Waals surface area (Å²) in [6.45, 7) is 5.57. The van der Waals surface area contributed by atoms with Crippen molar-refractivity contribution >= 4 is 11.8 Å². The first-order valence-corrected chi connectivity index (χ1v) is 9.17. The molecule has 0 aromatic heterocycles. The molecule has 4 heteroatoms. The van der Waals surface area contributed by atoms with Crippen molar-refractivity contribution < 1.29 is 14.3 Å². The average Bonchev–Trinajstić information content (AvgIpc) is 2.71. The molecule has 140 valence electrons. The third-order valence-electron chi connectivity index (χ3n) is 5.35. The largest absolute Gasteiger partial charge is 0.468 e. The minimum absolute atomic E-state index is 0.0765. The van der Waals surface area contributed by atoms with Gasteiger partial charge in [-0.2, -0.15) is 0 Å². The molecule has 3 rings (SSSR count). The van der Waals surface area contributed by atoms with Gasteiger partial charge in [-0.3, -0.25) is 14.5 Å². The predicted molar refractivity (Wildman–Crippen MR) is 105 cm³/mol. The normalized spacial score (nSPS) is 21.4. The van der Waals surface area contributed by atoms with Crippen molar-refractivity contribution in [2.24, 2.45) is 5.41 Å². The van der Waals surface area contributed by atoms with E-state index in [2.05, 4.69) is 23.6 Å². The monoisotopic (exact) mass is 363 g/mol. The highest BCUT2D eigenvalue weighted by atomic mass is 16.5. The quantitative estimate of drug-likeness (QED) is 0.447. The van der Waals surface area contributed by atoms with Gasteiger partial charge in [-0.1, -0.05) is 66.7 Å². The highest BCUT2D eigenvalue weighted by Crippen LogP contribution is 2.43. The molecule has 1 fully saturated rings. The molecule has 1 heterocycles. The number of hydrogen-bond acceptors (Lipinski definition) is 4. The van der Waals surface area contributed by atoms with Crippen LogP contribution in [0.4, 0.5) is 0 Å². The summed E-state index contributed by atoms with van der Waals surface area (Å²) >= 11 is 0. The van der Waals surface area contributed by atoms with Crippen LogP contribution in [0.3, 0.4) is 0 Å². The average molecular weight is 363 g/mol. The first-order chi connectivity index (χ1) is 13.1. The summed E-state index contributed by atoms with van der Waals surface area (Å²) < 4.78 is 5.13. The summed E-state index contributed by atoms with van der Waals surface area (Å²) in [5, 5.41) is 0. The van der Waals surface area contributed by atoms with Gasteiger partial charge in [0.2, 0.25) is 0 Å². The number of allylic oxidation sites excluding steroid dienone is 1. The Bertz CT molecular complexity index is 793. The minimum Gasteiger partial charge on any atom is -0.468 e. The molecule has 0 unspecified atom stereocenters. The maximum atomic E-state index is 13.1. The smallest absolute Gasteiger partial charge is 0.321 e. The summed E-state index contributed by atoms with van der Waals surface area (Å²) in [6, 6.07) is 19.7. The summed E-state index contributed by atoms with van der Waals surface area (Å²) in [6.07, 6.45) is 2.02. The number of methoxy groups -OCH3 is 1. The van der Waals surface area contributed by atoms with Crippen LogP contribution < -0.4 is 0 Å². The summed E-state index contributed by atoms with van der Waals surface area (Å²) in [5.74, 6) is -0.997. The Morgan fingerprint density at radius 3 is 2.41 bits per heavy atom. The lowest BCUT2D eigenvalue weighted by atomic mass is 9.66. The Hall–Kier alpha value is -2.72. The number of carbonyl (C=O) groups excluding carboxylic acids is 2. The number of likely N-dealkylation sites (tertiary alicyclic amines) is 1. The number of nitrogens with zero attached hydrogens (tertiary/aromatic N) is 1. The molecule has 0 saturated carbocycles. The van der Waals surface area contributed by atoms with Gasteiger partial charge in [-0.25, -0.2) is 0 Å². The van der Waals surface area contributed by atoms with E-state index in [-0.39, 0.29) is 5.78 Å². The second-order valence-corrected chi connectivity index (χ2v) is 6.96. The molecule has 27 heavy (non-hydrogen) atoms. The Balaban J connectivity index is 1.99. The molecule has 1 aliphatic rings. The summed E-state index contributed by atoms with van der Waals surface area (Å²) in [4.78, 5) is 28.2. The standard InChI is InChI=1S/C23H25NO3/c1-3-20(19-12-8-5-9-13-19)23(22(26)27-2)17-24(15-14-21(23)25)16-18-10-6-4-7-11-18/h3-13,20H,1,14-17H2,2H3/t20-,23+/m0/s1. The van der Waals surface area contributed by atoms with Crippen LogP contribution in [0, 0.1) is 5.41 Å². The zero-order valence-electron chi connectivity index (χ0n) is 15.6. The van der Waals surface area contributed by atoms with Crippen LogP contribution in [0.25, 0.3) is 0 Å². The molecule has 2 atom stereocenters. The van der Waals surface area contributed by atoms with Crippen LogP contribution in [0.15, 0.2) is 73.3 Å². The lowest BCUT2D eigenvalue weighted by Gasteiger charge is -2.43. The van der Waals surface area contributed by atoms with Crippen molar-refractivity contribution in [1.29, 1.82) is 0 Å². The molecule has 0 radical (unpaired) electrons. The highest BCUT2D eigenvalue weighted by Gasteiger charge is 2.54. The van der Waals surface area contributed by atoms with Gasteiger partial charge in [0.05, 0.1) is 7.11 Å². The number of ketones is 1. The van der Waals surface area contributed by atoms with E-state index in [0.29, 0.717) is 26.1 Å². The maximum Gasteiger partial charge on any atom is 0.321 e. The van der Waals surface area contributed by atoms with Gasteiger partial charge in [0.15, 0.2) is 5.78 Å². The van der Waals surface area contributed by atoms with E-state index >= 15 is 0 Å². The third-order valence-corrected chi connectivity index (χ3v) is 5.35. The molecule has 2 aromatic rings. The molecule has 0 aliphatic carbocycles. The molecular weight excluding hydrogens is 338 g/mol. The maximum absolute atomic E-state index is 13.1. The SMILES string of the molecule is C=C[C@@H](c1ccccc1)[C@]1(C(=O)OC)CN(Cc2ccccc2)CCC1=O. The van der Waals surface area contributed by atoms with Gasteiger partial charge in [0.1, 0.15) is 5.41 Å². The molecule has 1 aliphatic heterocycles. The van der Waals surface area contributed by atoms with Crippen LogP contribution >= 0.6 is 0 Å². The van der Waals surface area contributed by atoms with E-state index < -0.39 is 17.3 Å². The van der Waals surface area contributed by atoms with Gasteiger partial charge in [0, 0.05) is 32.0 Å². The van der Waals surface area contributed by atoms with Crippen LogP contribution in [-0.2, 0) is 20.9 Å². The Morgan fingerprint density at radius 1 is 1.19 bits per heavy atom. The second-order valence-electron chi connectivity index (χ2n) is 6.96. The molecule has 1 saturated heterocycles. The molecule has 0 bridgehead atoms. The van der Waals surface area contributed by atoms with Crippen LogP contribution in [-0.4, -0.2) is 36.9 Å². The lowest BCUT2D eigenvalue weighted by molar-refractivity contribution is -0.163. The van der Waals surface area contributed by atoms with Gasteiger partial charge in [0.25, 0.3) is 0 Å². The van der Waals surface area contributed by atoms with Crippen molar-refractivity contribution in [2.45, 2.75) is 18.9 Å². The summed E-state index contributed by atoms with van der Waals surface area (Å²) in [5.41, 5.74) is 0.776. The fourth-order valence-corrected chi connectivity index (χ4v) is 4.02. The van der Waals surface area contributed by atoms with E-state index in [1.807, 2.05) is 48.5 Å². The van der Waals surface area contributed by atoms with Gasteiger partial charge >= 0.3 is 5.97 Å². The van der Waals surface area contributed by atoms with Crippen molar-refractivity contribution in [3.63, 3.8) is 0 Å². The van der Waals surface area contributed by atoms with E-state index in [9.17, 15) is 9.59 Å². The molecule has 2 aromatic carbocycles. The van der Waals surface area contributed by atoms with Crippen molar-refractivity contribution in [3.8, 4) is 0 Å². The first kappa shape index (κ1) is 19.1. The molecule has 0 N–H and O–H groups in total. The van der Waals surface area contributed by atoms with Crippen LogP contribution in [0.1, 0.15) is 23.5 Å². The topological polar surface area (TPSA) is 46.6 Å². The fraction of sp³-hybridized carbons (Fsp3) is 0.304. The van der Waals surface area contributed by atoms with Gasteiger partial charge in [-0.05, 0) is 11.1 Å². The van der Waals surface area contributed by atoms with E-state index in [1.54, 1.807) is 6.08 Å². The first-order valence-electron chi connectivity index (χ1n) is 9.17. The molecule has 4 nitrogen and oxygen atoms in total. The number of piperidine rings is 1. The van der Waals surface area contributed by atoms with Crippen molar-refractivity contribution in [1.82, 2.24) is 4.90 Å². The van der Waals surface area contributed by atoms with E-state index in [1.165, 1.54) is 7.11 Å².